The van der Waals surface area contributed by atoms with Crippen molar-refractivity contribution in [1.82, 2.24) is 9.80 Å². The molecule has 0 saturated heterocycles. The van der Waals surface area contributed by atoms with Gasteiger partial charge in [0.25, 0.3) is 0 Å². The predicted molar refractivity (Wildman–Crippen MR) is 103 cm³/mol. The minimum atomic E-state index is -0.292. The Balaban J connectivity index is 1.99. The Labute approximate surface area is 160 Å². The van der Waals surface area contributed by atoms with Crippen LogP contribution in [0.4, 0.5) is 4.39 Å². The molecule has 146 valence electrons. The quantitative estimate of drug-likeness (QED) is 0.675. The number of ether oxygens (including phenoxy) is 2. The molecule has 0 atom stereocenters. The summed E-state index contributed by atoms with van der Waals surface area (Å²) >= 11 is 0. The first-order valence-electron chi connectivity index (χ1n) is 8.88. The van der Waals surface area contributed by atoms with E-state index in [4.69, 9.17) is 9.47 Å². The SMILES string of the molecule is CCN(Cc1cccc(F)c1)C(=O)CN(C)Cc1ccc(OC)cc1OC. The van der Waals surface area contributed by atoms with E-state index in [2.05, 4.69) is 0 Å². The minimum Gasteiger partial charge on any atom is -0.497 e. The largest absolute Gasteiger partial charge is 0.497 e. The molecule has 2 aromatic rings. The Morgan fingerprint density at radius 1 is 1.07 bits per heavy atom. The average Bonchev–Trinajstić information content (AvgIpc) is 2.66. The first-order valence-corrected chi connectivity index (χ1v) is 8.88. The van der Waals surface area contributed by atoms with Crippen LogP contribution in [0.2, 0.25) is 0 Å². The highest BCUT2D eigenvalue weighted by molar-refractivity contribution is 5.78. The molecule has 27 heavy (non-hydrogen) atoms. The van der Waals surface area contributed by atoms with Gasteiger partial charge in [-0.15, -0.1) is 0 Å². The van der Waals surface area contributed by atoms with Crippen molar-refractivity contribution in [1.29, 1.82) is 0 Å². The van der Waals surface area contributed by atoms with Gasteiger partial charge in [-0.2, -0.15) is 0 Å². The fourth-order valence-corrected chi connectivity index (χ4v) is 2.89. The van der Waals surface area contributed by atoms with Gasteiger partial charge in [-0.3, -0.25) is 9.69 Å². The standard InChI is InChI=1S/C21H27FN2O3/c1-5-24(13-16-7-6-8-18(22)11-16)21(25)15-23(2)14-17-9-10-19(26-3)12-20(17)27-4/h6-12H,5,13-15H2,1-4H3. The van der Waals surface area contributed by atoms with Crippen LogP contribution in [0, 0.1) is 5.82 Å². The molecule has 0 heterocycles. The van der Waals surface area contributed by atoms with Gasteiger partial charge in [0.15, 0.2) is 0 Å². The Hall–Kier alpha value is -2.60. The highest BCUT2D eigenvalue weighted by atomic mass is 19.1. The van der Waals surface area contributed by atoms with Crippen molar-refractivity contribution in [3.05, 3.63) is 59.4 Å². The second kappa shape index (κ2) is 9.92. The summed E-state index contributed by atoms with van der Waals surface area (Å²) in [6, 6.07) is 12.0. The number of benzene rings is 2. The number of halogens is 1. The molecule has 2 rings (SSSR count). The summed E-state index contributed by atoms with van der Waals surface area (Å²) in [5.41, 5.74) is 1.76. The summed E-state index contributed by atoms with van der Waals surface area (Å²) in [7, 11) is 5.11. The summed E-state index contributed by atoms with van der Waals surface area (Å²) in [6.45, 7) is 3.71. The second-order valence-corrected chi connectivity index (χ2v) is 6.39. The lowest BCUT2D eigenvalue weighted by Crippen LogP contribution is -2.38. The third-order valence-electron chi connectivity index (χ3n) is 4.34. The molecule has 0 unspecified atom stereocenters. The number of methoxy groups -OCH3 is 2. The maximum absolute atomic E-state index is 13.4. The monoisotopic (exact) mass is 374 g/mol. The number of hydrogen-bond acceptors (Lipinski definition) is 4. The molecule has 0 spiro atoms. The Bertz CT molecular complexity index is 767. The number of rotatable bonds is 9. The third-order valence-corrected chi connectivity index (χ3v) is 4.34. The number of amides is 1. The van der Waals surface area contributed by atoms with Crippen LogP contribution in [0.5, 0.6) is 11.5 Å². The number of carbonyl (C=O) groups excluding carboxylic acids is 1. The maximum atomic E-state index is 13.4. The molecule has 5 nitrogen and oxygen atoms in total. The van der Waals surface area contributed by atoms with Gasteiger partial charge in [-0.25, -0.2) is 4.39 Å². The summed E-state index contributed by atoms with van der Waals surface area (Å²) in [5.74, 6) is 1.15. The number of hydrogen-bond donors (Lipinski definition) is 0. The molecule has 0 saturated carbocycles. The van der Waals surface area contributed by atoms with Crippen LogP contribution in [-0.2, 0) is 17.9 Å². The molecule has 0 aromatic heterocycles. The van der Waals surface area contributed by atoms with Gasteiger partial charge in [-0.05, 0) is 37.7 Å². The van der Waals surface area contributed by atoms with Gasteiger partial charge in [0.05, 0.1) is 20.8 Å². The van der Waals surface area contributed by atoms with E-state index in [0.29, 0.717) is 19.6 Å². The van der Waals surface area contributed by atoms with E-state index >= 15 is 0 Å². The van der Waals surface area contributed by atoms with Gasteiger partial charge in [0.1, 0.15) is 17.3 Å². The van der Waals surface area contributed by atoms with Crippen LogP contribution in [0.25, 0.3) is 0 Å². The third kappa shape index (κ3) is 5.96. The summed E-state index contributed by atoms with van der Waals surface area (Å²) in [5, 5.41) is 0. The van der Waals surface area contributed by atoms with Crippen molar-refractivity contribution in [3.63, 3.8) is 0 Å². The molecule has 0 bridgehead atoms. The van der Waals surface area contributed by atoms with Crippen LogP contribution in [0.1, 0.15) is 18.1 Å². The molecule has 0 aliphatic heterocycles. The van der Waals surface area contributed by atoms with E-state index in [-0.39, 0.29) is 18.3 Å². The van der Waals surface area contributed by atoms with Crippen LogP contribution in [0.3, 0.4) is 0 Å². The van der Waals surface area contributed by atoms with Gasteiger partial charge in [0.2, 0.25) is 5.91 Å². The highest BCUT2D eigenvalue weighted by Crippen LogP contribution is 2.25. The molecule has 2 aromatic carbocycles. The van der Waals surface area contributed by atoms with E-state index in [1.165, 1.54) is 12.1 Å². The molecule has 0 radical (unpaired) electrons. The van der Waals surface area contributed by atoms with Crippen LogP contribution in [-0.4, -0.2) is 50.1 Å². The lowest BCUT2D eigenvalue weighted by Gasteiger charge is -2.25. The Kier molecular flexibility index (Phi) is 7.61. The Morgan fingerprint density at radius 3 is 2.48 bits per heavy atom. The lowest BCUT2D eigenvalue weighted by molar-refractivity contribution is -0.132. The van der Waals surface area contributed by atoms with E-state index in [0.717, 1.165) is 22.6 Å². The van der Waals surface area contributed by atoms with Crippen LogP contribution < -0.4 is 9.47 Å². The number of carbonyl (C=O) groups is 1. The normalized spacial score (nSPS) is 10.7. The van der Waals surface area contributed by atoms with E-state index in [9.17, 15) is 9.18 Å². The van der Waals surface area contributed by atoms with Crippen molar-refractivity contribution in [2.75, 3.05) is 34.4 Å². The fraction of sp³-hybridized carbons (Fsp3) is 0.381. The van der Waals surface area contributed by atoms with Crippen molar-refractivity contribution in [3.8, 4) is 11.5 Å². The zero-order valence-corrected chi connectivity index (χ0v) is 16.4. The molecular weight excluding hydrogens is 347 g/mol. The Morgan fingerprint density at radius 2 is 1.85 bits per heavy atom. The van der Waals surface area contributed by atoms with Crippen molar-refractivity contribution >= 4 is 5.91 Å². The summed E-state index contributed by atoms with van der Waals surface area (Å²) in [6.07, 6.45) is 0. The van der Waals surface area contributed by atoms with E-state index in [1.807, 2.05) is 43.1 Å². The molecule has 0 N–H and O–H groups in total. The van der Waals surface area contributed by atoms with Gasteiger partial charge < -0.3 is 14.4 Å². The highest BCUT2D eigenvalue weighted by Gasteiger charge is 2.16. The average molecular weight is 374 g/mol. The minimum absolute atomic E-state index is 0.00302. The molecule has 1 amide bonds. The van der Waals surface area contributed by atoms with Gasteiger partial charge in [-0.1, -0.05) is 18.2 Å². The maximum Gasteiger partial charge on any atom is 0.237 e. The first-order chi connectivity index (χ1) is 13.0. The number of likely N-dealkylation sites (N-methyl/N-ethyl adjacent to an activating group) is 2. The number of nitrogens with zero attached hydrogens (tertiary/aromatic N) is 2. The van der Waals surface area contributed by atoms with Crippen molar-refractivity contribution in [2.45, 2.75) is 20.0 Å². The fourth-order valence-electron chi connectivity index (χ4n) is 2.89. The molecule has 6 heteroatoms. The van der Waals surface area contributed by atoms with E-state index < -0.39 is 0 Å². The van der Waals surface area contributed by atoms with Crippen LogP contribution >= 0.6 is 0 Å². The molecule has 0 aliphatic carbocycles. The zero-order chi connectivity index (χ0) is 19.8. The molecule has 0 aliphatic rings. The first kappa shape index (κ1) is 20.7. The van der Waals surface area contributed by atoms with Gasteiger partial charge >= 0.3 is 0 Å². The van der Waals surface area contributed by atoms with Crippen LogP contribution in [0.15, 0.2) is 42.5 Å². The predicted octanol–water partition coefficient (Wildman–Crippen LogP) is 3.32. The zero-order valence-electron chi connectivity index (χ0n) is 16.4. The summed E-state index contributed by atoms with van der Waals surface area (Å²) < 4.78 is 24.0. The topological polar surface area (TPSA) is 42.0 Å². The van der Waals surface area contributed by atoms with Gasteiger partial charge in [0, 0.05) is 31.3 Å². The van der Waals surface area contributed by atoms with Crippen molar-refractivity contribution < 1.29 is 18.7 Å². The van der Waals surface area contributed by atoms with Crippen molar-refractivity contribution in [2.24, 2.45) is 0 Å². The second-order valence-electron chi connectivity index (χ2n) is 6.39. The molecular formula is C21H27FN2O3. The molecule has 0 fully saturated rings. The van der Waals surface area contributed by atoms with E-state index in [1.54, 1.807) is 25.2 Å². The summed E-state index contributed by atoms with van der Waals surface area (Å²) in [4.78, 5) is 16.3. The lowest BCUT2D eigenvalue weighted by atomic mass is 10.1. The smallest absolute Gasteiger partial charge is 0.237 e.